The smallest absolute Gasteiger partial charge is 0.203 e. The van der Waals surface area contributed by atoms with Crippen molar-refractivity contribution in [3.63, 3.8) is 0 Å². The molecule has 0 heterocycles. The summed E-state index contributed by atoms with van der Waals surface area (Å²) in [5.74, 6) is 0.0303. The third kappa shape index (κ3) is 3.45. The van der Waals surface area contributed by atoms with Crippen molar-refractivity contribution in [2.75, 3.05) is 0 Å². The number of carbonyl (C=O) groups excluding carboxylic acids is 1. The van der Waals surface area contributed by atoms with Crippen molar-refractivity contribution in [2.45, 2.75) is 19.4 Å². The van der Waals surface area contributed by atoms with E-state index < -0.39 is 6.10 Å². The number of hydrogen-bond donors (Lipinski definition) is 0. The Bertz CT molecular complexity index is 599. The molecule has 0 spiro atoms. The predicted molar refractivity (Wildman–Crippen MR) is 79.6 cm³/mol. The van der Waals surface area contributed by atoms with Gasteiger partial charge < -0.3 is 4.74 Å². The van der Waals surface area contributed by atoms with E-state index in [9.17, 15) is 9.18 Å². The molecule has 0 saturated carbocycles. The lowest BCUT2D eigenvalue weighted by Gasteiger charge is -2.16. The maximum atomic E-state index is 13.2. The third-order valence-corrected chi connectivity index (χ3v) is 3.50. The standard InChI is InChI=1S/C16H14BrFO2/c1-2-15(16(19)11-6-4-3-5-7-11)20-12-8-9-14(18)13(17)10-12/h3-10,15H,2H2,1H3. The molecule has 104 valence electrons. The molecule has 1 atom stereocenters. The quantitative estimate of drug-likeness (QED) is 0.744. The number of ether oxygens (including phenoxy) is 1. The lowest BCUT2D eigenvalue weighted by molar-refractivity contribution is 0.0786. The fourth-order valence-electron chi connectivity index (χ4n) is 1.82. The molecule has 0 aliphatic rings. The van der Waals surface area contributed by atoms with E-state index >= 15 is 0 Å². The van der Waals surface area contributed by atoms with E-state index in [4.69, 9.17) is 4.74 Å². The molecule has 0 aromatic heterocycles. The second-order valence-corrected chi connectivity index (χ2v) is 5.18. The molecular formula is C16H14BrFO2. The van der Waals surface area contributed by atoms with Gasteiger partial charge in [0.2, 0.25) is 5.78 Å². The summed E-state index contributed by atoms with van der Waals surface area (Å²) in [6, 6.07) is 13.3. The van der Waals surface area contributed by atoms with Gasteiger partial charge in [-0.2, -0.15) is 0 Å². The Morgan fingerprint density at radius 2 is 1.95 bits per heavy atom. The van der Waals surface area contributed by atoms with Gasteiger partial charge in [-0.1, -0.05) is 37.3 Å². The zero-order chi connectivity index (χ0) is 14.5. The molecule has 4 heteroatoms. The van der Waals surface area contributed by atoms with Gasteiger partial charge in [0.05, 0.1) is 4.47 Å². The summed E-state index contributed by atoms with van der Waals surface area (Å²) in [6.45, 7) is 1.88. The zero-order valence-corrected chi connectivity index (χ0v) is 12.6. The van der Waals surface area contributed by atoms with Crippen LogP contribution in [0.15, 0.2) is 53.0 Å². The molecule has 2 aromatic rings. The molecule has 2 aromatic carbocycles. The molecule has 0 amide bonds. The van der Waals surface area contributed by atoms with E-state index in [1.807, 2.05) is 25.1 Å². The van der Waals surface area contributed by atoms with Crippen LogP contribution in [0.5, 0.6) is 5.75 Å². The Balaban J connectivity index is 2.16. The minimum Gasteiger partial charge on any atom is -0.482 e. The van der Waals surface area contributed by atoms with Crippen LogP contribution in [0.3, 0.4) is 0 Å². The number of halogens is 2. The predicted octanol–water partition coefficient (Wildman–Crippen LogP) is 4.63. The van der Waals surface area contributed by atoms with Crippen molar-refractivity contribution in [3.05, 3.63) is 64.4 Å². The molecule has 0 bridgehead atoms. The van der Waals surface area contributed by atoms with Crippen molar-refractivity contribution in [1.82, 2.24) is 0 Å². The molecular weight excluding hydrogens is 323 g/mol. The van der Waals surface area contributed by atoms with Crippen LogP contribution in [0.25, 0.3) is 0 Å². The van der Waals surface area contributed by atoms with Crippen LogP contribution in [0.2, 0.25) is 0 Å². The van der Waals surface area contributed by atoms with Gasteiger partial charge in [-0.25, -0.2) is 4.39 Å². The topological polar surface area (TPSA) is 26.3 Å². The fraction of sp³-hybridized carbons (Fsp3) is 0.188. The average molecular weight is 337 g/mol. The summed E-state index contributed by atoms with van der Waals surface area (Å²) in [6.07, 6.45) is -0.0299. The van der Waals surface area contributed by atoms with Gasteiger partial charge in [-0.3, -0.25) is 4.79 Å². The normalized spacial score (nSPS) is 11.9. The third-order valence-electron chi connectivity index (χ3n) is 2.89. The highest BCUT2D eigenvalue weighted by Gasteiger charge is 2.20. The highest BCUT2D eigenvalue weighted by Crippen LogP contribution is 2.23. The number of carbonyl (C=O) groups is 1. The maximum absolute atomic E-state index is 13.2. The van der Waals surface area contributed by atoms with Crippen LogP contribution in [-0.4, -0.2) is 11.9 Å². The first-order chi connectivity index (χ1) is 9.61. The van der Waals surface area contributed by atoms with Crippen LogP contribution in [-0.2, 0) is 0 Å². The van der Waals surface area contributed by atoms with Gasteiger partial charge in [0.1, 0.15) is 11.6 Å². The van der Waals surface area contributed by atoms with Crippen molar-refractivity contribution in [3.8, 4) is 5.75 Å². The molecule has 0 saturated heterocycles. The van der Waals surface area contributed by atoms with Gasteiger partial charge in [-0.05, 0) is 40.5 Å². The fourth-order valence-corrected chi connectivity index (χ4v) is 2.18. The molecule has 0 aliphatic heterocycles. The molecule has 2 rings (SSSR count). The van der Waals surface area contributed by atoms with E-state index in [0.717, 1.165) is 0 Å². The second-order valence-electron chi connectivity index (χ2n) is 4.32. The molecule has 20 heavy (non-hydrogen) atoms. The Labute approximate surface area is 125 Å². The maximum Gasteiger partial charge on any atom is 0.203 e. The summed E-state index contributed by atoms with van der Waals surface area (Å²) in [4.78, 5) is 12.3. The Morgan fingerprint density at radius 3 is 2.55 bits per heavy atom. The first kappa shape index (κ1) is 14.7. The summed E-state index contributed by atoms with van der Waals surface area (Å²) in [5, 5.41) is 0. The molecule has 0 aliphatic carbocycles. The lowest BCUT2D eigenvalue weighted by Crippen LogP contribution is -2.26. The van der Waals surface area contributed by atoms with E-state index in [2.05, 4.69) is 15.9 Å². The Kier molecular flexibility index (Phi) is 4.90. The van der Waals surface area contributed by atoms with E-state index in [-0.39, 0.29) is 11.6 Å². The summed E-state index contributed by atoms with van der Waals surface area (Å²) >= 11 is 3.10. The van der Waals surface area contributed by atoms with Crippen molar-refractivity contribution in [1.29, 1.82) is 0 Å². The van der Waals surface area contributed by atoms with Gasteiger partial charge in [0.15, 0.2) is 6.10 Å². The van der Waals surface area contributed by atoms with E-state index in [1.54, 1.807) is 12.1 Å². The zero-order valence-electron chi connectivity index (χ0n) is 11.0. The molecule has 1 unspecified atom stereocenters. The van der Waals surface area contributed by atoms with E-state index in [0.29, 0.717) is 22.2 Å². The summed E-state index contributed by atoms with van der Waals surface area (Å²) in [5.41, 5.74) is 0.612. The van der Waals surface area contributed by atoms with Gasteiger partial charge in [-0.15, -0.1) is 0 Å². The Morgan fingerprint density at radius 1 is 1.25 bits per heavy atom. The van der Waals surface area contributed by atoms with Crippen LogP contribution in [0, 0.1) is 5.82 Å². The number of rotatable bonds is 5. The molecule has 2 nitrogen and oxygen atoms in total. The van der Waals surface area contributed by atoms with Gasteiger partial charge >= 0.3 is 0 Å². The largest absolute Gasteiger partial charge is 0.482 e. The highest BCUT2D eigenvalue weighted by molar-refractivity contribution is 9.10. The lowest BCUT2D eigenvalue weighted by atomic mass is 10.0. The van der Waals surface area contributed by atoms with Crippen molar-refractivity contribution >= 4 is 21.7 Å². The molecule has 0 radical (unpaired) electrons. The monoisotopic (exact) mass is 336 g/mol. The molecule has 0 N–H and O–H groups in total. The highest BCUT2D eigenvalue weighted by atomic mass is 79.9. The summed E-state index contributed by atoms with van der Waals surface area (Å²) in [7, 11) is 0. The van der Waals surface area contributed by atoms with Gasteiger partial charge in [0, 0.05) is 5.56 Å². The minimum atomic E-state index is -0.574. The minimum absolute atomic E-state index is 0.0754. The number of benzene rings is 2. The first-order valence-electron chi connectivity index (χ1n) is 6.32. The van der Waals surface area contributed by atoms with Gasteiger partial charge in [0.25, 0.3) is 0 Å². The summed E-state index contributed by atoms with van der Waals surface area (Å²) < 4.78 is 19.2. The second kappa shape index (κ2) is 6.66. The average Bonchev–Trinajstić information content (AvgIpc) is 2.48. The van der Waals surface area contributed by atoms with E-state index in [1.165, 1.54) is 18.2 Å². The van der Waals surface area contributed by atoms with Crippen LogP contribution < -0.4 is 4.74 Å². The number of ketones is 1. The van der Waals surface area contributed by atoms with Crippen LogP contribution in [0.1, 0.15) is 23.7 Å². The van der Waals surface area contributed by atoms with Crippen LogP contribution in [0.4, 0.5) is 4.39 Å². The first-order valence-corrected chi connectivity index (χ1v) is 7.12. The number of Topliss-reactive ketones (excluding diaryl/α,β-unsaturated/α-hetero) is 1. The Hall–Kier alpha value is -1.68. The van der Waals surface area contributed by atoms with Crippen LogP contribution >= 0.6 is 15.9 Å². The van der Waals surface area contributed by atoms with Crippen molar-refractivity contribution < 1.29 is 13.9 Å². The van der Waals surface area contributed by atoms with Crippen molar-refractivity contribution in [2.24, 2.45) is 0 Å². The molecule has 0 fully saturated rings. The SMILES string of the molecule is CCC(Oc1ccc(F)c(Br)c1)C(=O)c1ccccc1. The number of hydrogen-bond acceptors (Lipinski definition) is 2.